The van der Waals surface area contributed by atoms with Gasteiger partial charge in [0.25, 0.3) is 11.8 Å². The predicted octanol–water partition coefficient (Wildman–Crippen LogP) is 0.328. The molecule has 11 heteroatoms. The van der Waals surface area contributed by atoms with Crippen molar-refractivity contribution in [1.82, 2.24) is 14.6 Å². The minimum Gasteiger partial charge on any atom is -0.366 e. The van der Waals surface area contributed by atoms with E-state index in [9.17, 15) is 18.0 Å². The number of H-pyrrole nitrogens is 1. The number of carbonyl (C=O) groups is 2. The Balaban J connectivity index is 1.60. The van der Waals surface area contributed by atoms with Crippen LogP contribution in [0.5, 0.6) is 0 Å². The van der Waals surface area contributed by atoms with E-state index in [1.165, 1.54) is 6.07 Å². The molecule has 2 atom stereocenters. The van der Waals surface area contributed by atoms with E-state index in [1.54, 1.807) is 12.1 Å². The van der Waals surface area contributed by atoms with Crippen molar-refractivity contribution in [3.8, 4) is 0 Å². The Morgan fingerprint density at radius 1 is 1.24 bits per heavy atom. The van der Waals surface area contributed by atoms with E-state index in [2.05, 4.69) is 10.3 Å². The van der Waals surface area contributed by atoms with Crippen molar-refractivity contribution in [3.05, 3.63) is 59.8 Å². The van der Waals surface area contributed by atoms with Gasteiger partial charge in [-0.15, -0.1) is 0 Å². The lowest BCUT2D eigenvalue weighted by atomic mass is 9.95. The van der Waals surface area contributed by atoms with Crippen LogP contribution in [-0.4, -0.2) is 63.2 Å². The molecule has 3 aromatic rings. The van der Waals surface area contributed by atoms with Crippen molar-refractivity contribution in [1.29, 1.82) is 0 Å². The van der Waals surface area contributed by atoms with E-state index in [-0.39, 0.29) is 41.7 Å². The predicted molar refractivity (Wildman–Crippen MR) is 124 cm³/mol. The van der Waals surface area contributed by atoms with Crippen molar-refractivity contribution in [2.75, 3.05) is 19.7 Å². The minimum atomic E-state index is -4.20. The number of nitrogens with zero attached hydrogens (tertiary/aromatic N) is 1. The number of ether oxygens (including phenoxy) is 1. The number of amides is 2. The Morgan fingerprint density at radius 2 is 1.97 bits per heavy atom. The molecule has 4 rings (SSSR count). The Labute approximate surface area is 192 Å². The van der Waals surface area contributed by atoms with Crippen molar-refractivity contribution in [2.24, 2.45) is 5.73 Å². The van der Waals surface area contributed by atoms with E-state index in [1.807, 2.05) is 37.3 Å². The van der Waals surface area contributed by atoms with Gasteiger partial charge in [-0.25, -0.2) is 8.42 Å². The average Bonchev–Trinajstić information content (AvgIpc) is 3.19. The van der Waals surface area contributed by atoms with Crippen LogP contribution in [0.3, 0.4) is 0 Å². The summed E-state index contributed by atoms with van der Waals surface area (Å²) in [6.45, 7) is 1.67. The summed E-state index contributed by atoms with van der Waals surface area (Å²) in [5.41, 5.74) is 6.88. The van der Waals surface area contributed by atoms with Gasteiger partial charge in [0.1, 0.15) is 24.5 Å². The summed E-state index contributed by atoms with van der Waals surface area (Å²) in [7, 11) is 1.65. The Morgan fingerprint density at radius 3 is 2.67 bits per heavy atom. The number of hydrogen-bond acceptors (Lipinski definition) is 5. The van der Waals surface area contributed by atoms with Crippen LogP contribution in [-0.2, 0) is 19.6 Å². The number of nitrogens with two attached hydrogens (primary N) is 1. The van der Waals surface area contributed by atoms with Crippen LogP contribution >= 0.6 is 0 Å². The second kappa shape index (κ2) is 9.01. The van der Waals surface area contributed by atoms with Gasteiger partial charge in [0.2, 0.25) is 10.0 Å². The van der Waals surface area contributed by atoms with Gasteiger partial charge in [0, 0.05) is 24.0 Å². The number of carbonyl (C=O) groups excluding carboxylic acids is 2. The van der Waals surface area contributed by atoms with Crippen LogP contribution < -0.4 is 16.5 Å². The lowest BCUT2D eigenvalue weighted by Crippen LogP contribution is -2.52. The number of rotatable bonds is 6. The van der Waals surface area contributed by atoms with Gasteiger partial charge in [0.05, 0.1) is 12.6 Å². The van der Waals surface area contributed by atoms with Crippen LogP contribution in [0.1, 0.15) is 29.0 Å². The third-order valence-electron chi connectivity index (χ3n) is 5.60. The molecule has 4 N–H and O–H groups in total. The Kier molecular flexibility index (Phi) is 6.29. The second-order valence-corrected chi connectivity index (χ2v) is 9.74. The zero-order chi connectivity index (χ0) is 23.8. The van der Waals surface area contributed by atoms with Gasteiger partial charge in [-0.05, 0) is 18.6 Å². The zero-order valence-corrected chi connectivity index (χ0v) is 18.8. The van der Waals surface area contributed by atoms with Gasteiger partial charge in [-0.3, -0.25) is 9.59 Å². The average molecular weight is 466 g/mol. The largest absolute Gasteiger partial charge is 0.366 e. The molecule has 0 aliphatic carbocycles. The summed E-state index contributed by atoms with van der Waals surface area (Å²) >= 11 is 0. The second-order valence-electron chi connectivity index (χ2n) is 7.86. The van der Waals surface area contributed by atoms with E-state index < -0.39 is 27.9 Å². The fraction of sp³-hybridized carbons (Fsp3) is 0.273. The van der Waals surface area contributed by atoms with Crippen LogP contribution in [0.15, 0.2) is 53.4 Å². The molecule has 2 amide bonds. The summed E-state index contributed by atoms with van der Waals surface area (Å²) in [6.07, 6.45) is -1.01. The normalized spacial score (nSPS) is 18.2. The first-order valence-corrected chi connectivity index (χ1v) is 11.8. The van der Waals surface area contributed by atoms with Gasteiger partial charge in [-0.2, -0.15) is 4.31 Å². The maximum Gasteiger partial charge on any atom is 0.266 e. The molecular weight excluding hydrogens is 443 g/mol. The first-order valence-electron chi connectivity index (χ1n) is 10.4. The zero-order valence-electron chi connectivity index (χ0n) is 17.9. The molecule has 0 saturated carbocycles. The van der Waals surface area contributed by atoms with E-state index in [0.717, 1.165) is 9.87 Å². The highest BCUT2D eigenvalue weighted by molar-refractivity contribution is 7.89. The number of aromatic amines is 1. The minimum absolute atomic E-state index is 0.0213. The third-order valence-corrected chi connectivity index (χ3v) is 7.55. The first kappa shape index (κ1) is 23.0. The molecule has 0 spiro atoms. The summed E-state index contributed by atoms with van der Waals surface area (Å²) in [5, 5.41) is 3.12. The smallest absolute Gasteiger partial charge is 0.266 e. The van der Waals surface area contributed by atoms with Crippen molar-refractivity contribution >= 4 is 46.0 Å². The molecule has 1 aliphatic rings. The van der Waals surface area contributed by atoms with Crippen LogP contribution in [0.25, 0.3) is 10.9 Å². The van der Waals surface area contributed by atoms with Gasteiger partial charge < -0.3 is 20.8 Å². The monoisotopic (exact) mass is 466 g/mol. The fourth-order valence-corrected chi connectivity index (χ4v) is 5.65. The lowest BCUT2D eigenvalue weighted by molar-refractivity contribution is -0.136. The van der Waals surface area contributed by atoms with E-state index in [4.69, 9.17) is 18.3 Å². The highest BCUT2D eigenvalue weighted by Crippen LogP contribution is 2.30. The highest BCUT2D eigenvalue weighted by atomic mass is 32.2. The van der Waals surface area contributed by atoms with E-state index in [0.29, 0.717) is 11.0 Å². The molecule has 2 unspecified atom stereocenters. The Bertz CT molecular complexity index is 1310. The molecule has 1 aromatic heterocycles. The Hall–Kier alpha value is -3.15. The SMILES string of the molecule is [B]c1ccc2[nH]c(C(N)=O)c(S(=O)(=O)N3CCOC(C(=O)NC(C)c4ccccc4)C3)c2c1. The molecule has 2 heterocycles. The maximum absolute atomic E-state index is 13.6. The number of sulfonamides is 1. The first-order chi connectivity index (χ1) is 15.7. The molecule has 2 aromatic carbocycles. The van der Waals surface area contributed by atoms with Crippen LogP contribution in [0.4, 0.5) is 0 Å². The number of morpholine rings is 1. The number of hydrogen-bond donors (Lipinski definition) is 3. The fourth-order valence-electron chi connectivity index (χ4n) is 3.89. The van der Waals surface area contributed by atoms with Gasteiger partial charge in [-0.1, -0.05) is 47.9 Å². The summed E-state index contributed by atoms with van der Waals surface area (Å²) in [6, 6.07) is 13.7. The molecule has 170 valence electrons. The molecule has 33 heavy (non-hydrogen) atoms. The molecule has 2 radical (unpaired) electrons. The highest BCUT2D eigenvalue weighted by Gasteiger charge is 2.38. The van der Waals surface area contributed by atoms with Crippen LogP contribution in [0.2, 0.25) is 0 Å². The molecule has 0 bridgehead atoms. The molecule has 9 nitrogen and oxygen atoms in total. The number of fused-ring (bicyclic) bond motifs is 1. The maximum atomic E-state index is 13.6. The standard InChI is InChI=1S/C22H23BN4O5S/c1-13(14-5-3-2-4-6-14)25-22(29)18-12-27(9-10-32-18)33(30,31)20-16-11-15(23)7-8-17(16)26-19(20)21(24)28/h2-8,11,13,18,26H,9-10,12H2,1H3,(H2,24,28)(H,25,29). The number of nitrogens with one attached hydrogen (secondary N) is 2. The van der Waals surface area contributed by atoms with E-state index >= 15 is 0 Å². The summed E-state index contributed by atoms with van der Waals surface area (Å²) in [4.78, 5) is 27.4. The van der Waals surface area contributed by atoms with Crippen molar-refractivity contribution in [3.63, 3.8) is 0 Å². The number of aromatic nitrogens is 1. The number of benzene rings is 2. The molecule has 1 aliphatic heterocycles. The van der Waals surface area contributed by atoms with Gasteiger partial charge in [0.15, 0.2) is 0 Å². The molecule has 1 fully saturated rings. The van der Waals surface area contributed by atoms with Crippen molar-refractivity contribution in [2.45, 2.75) is 24.0 Å². The topological polar surface area (TPSA) is 135 Å². The molecular formula is C22H23BN4O5S. The van der Waals surface area contributed by atoms with Gasteiger partial charge >= 0.3 is 0 Å². The summed E-state index contributed by atoms with van der Waals surface area (Å²) < 4.78 is 33.9. The molecule has 1 saturated heterocycles. The van der Waals surface area contributed by atoms with Crippen LogP contribution in [0, 0.1) is 0 Å². The van der Waals surface area contributed by atoms with Crippen molar-refractivity contribution < 1.29 is 22.7 Å². The summed E-state index contributed by atoms with van der Waals surface area (Å²) in [5.74, 6) is -1.34. The quantitative estimate of drug-likeness (QED) is 0.450. The lowest BCUT2D eigenvalue weighted by Gasteiger charge is -2.32. The third kappa shape index (κ3) is 4.52. The number of primary amides is 1.